The molecular weight excluding hydrogens is 396 g/mol. The molecule has 5 atom stereocenters. The van der Waals surface area contributed by atoms with E-state index in [4.69, 9.17) is 18.9 Å². The lowest BCUT2D eigenvalue weighted by Gasteiger charge is -2.59. The third-order valence-electron chi connectivity index (χ3n) is 8.13. The number of carbonyl (C=O) groups is 1. The first-order valence-corrected chi connectivity index (χ1v) is 11.5. The summed E-state index contributed by atoms with van der Waals surface area (Å²) in [5.74, 6) is 1.25. The van der Waals surface area contributed by atoms with Crippen LogP contribution in [0.1, 0.15) is 51.5 Å². The Labute approximate surface area is 185 Å². The van der Waals surface area contributed by atoms with E-state index in [9.17, 15) is 9.90 Å². The highest BCUT2D eigenvalue weighted by Crippen LogP contribution is 2.60. The largest absolute Gasteiger partial charge is 0.497 e. The Morgan fingerprint density at radius 1 is 1.13 bits per heavy atom. The molecule has 1 aromatic carbocycles. The number of aliphatic hydroxyl groups excluding tert-OH is 1. The minimum absolute atomic E-state index is 0.0947. The molecule has 0 aromatic heterocycles. The van der Waals surface area contributed by atoms with E-state index in [1.54, 1.807) is 7.11 Å². The minimum Gasteiger partial charge on any atom is -0.497 e. The molecule has 4 rings (SSSR count). The van der Waals surface area contributed by atoms with Crippen LogP contribution in [0, 0.1) is 22.7 Å². The molecule has 2 aliphatic carbocycles. The quantitative estimate of drug-likeness (QED) is 0.708. The summed E-state index contributed by atoms with van der Waals surface area (Å²) in [5, 5.41) is 11.1. The van der Waals surface area contributed by atoms with E-state index >= 15 is 0 Å². The first-order valence-electron chi connectivity index (χ1n) is 11.5. The van der Waals surface area contributed by atoms with Crippen LogP contribution in [-0.4, -0.2) is 50.2 Å². The number of ether oxygens (including phenoxy) is 4. The topological polar surface area (TPSA) is 74.2 Å². The minimum atomic E-state index is -0.436. The maximum absolute atomic E-state index is 13.0. The fraction of sp³-hybridized carbons (Fsp3) is 0.720. The van der Waals surface area contributed by atoms with Gasteiger partial charge in [0, 0.05) is 24.2 Å². The first-order chi connectivity index (χ1) is 14.9. The zero-order valence-corrected chi connectivity index (χ0v) is 19.0. The lowest BCUT2D eigenvalue weighted by molar-refractivity contribution is -0.185. The number of rotatable bonds is 7. The summed E-state index contributed by atoms with van der Waals surface area (Å²) in [6, 6.07) is 7.86. The first kappa shape index (κ1) is 22.7. The second-order valence-electron chi connectivity index (χ2n) is 9.92. The lowest BCUT2D eigenvalue weighted by Crippen LogP contribution is -2.59. The van der Waals surface area contributed by atoms with E-state index < -0.39 is 11.5 Å². The molecule has 3 aliphatic rings. The average Bonchev–Trinajstić information content (AvgIpc) is 3.28. The molecule has 6 nitrogen and oxygen atoms in total. The standard InChI is InChI=1S/C25H36O6/c1-24-11-10-22(27)25(2,16-29-15-17-4-6-18(28-3)7-5-17)21(24)9-8-20(26)19(24)14-23-30-12-13-31-23/h4-7,19,21-23,27H,8-16H2,1-3H3/t19-,21+,22-,24+,25-/m0/s1. The molecular formula is C25H36O6. The van der Waals surface area contributed by atoms with E-state index in [0.29, 0.717) is 51.5 Å². The zero-order valence-electron chi connectivity index (χ0n) is 19.0. The van der Waals surface area contributed by atoms with Crippen molar-refractivity contribution in [1.82, 2.24) is 0 Å². The van der Waals surface area contributed by atoms with Crippen LogP contribution in [0.15, 0.2) is 24.3 Å². The van der Waals surface area contributed by atoms with Crippen LogP contribution >= 0.6 is 0 Å². The number of aliphatic hydroxyl groups is 1. The highest BCUT2D eigenvalue weighted by Gasteiger charge is 2.59. The third-order valence-corrected chi connectivity index (χ3v) is 8.13. The van der Waals surface area contributed by atoms with Crippen molar-refractivity contribution in [2.24, 2.45) is 22.7 Å². The molecule has 1 N–H and O–H groups in total. The molecule has 172 valence electrons. The summed E-state index contributed by atoms with van der Waals surface area (Å²) >= 11 is 0. The number of ketones is 1. The summed E-state index contributed by atoms with van der Waals surface area (Å²) in [6.45, 7) is 6.54. The molecule has 1 aromatic rings. The van der Waals surface area contributed by atoms with Crippen molar-refractivity contribution in [2.75, 3.05) is 26.9 Å². The van der Waals surface area contributed by atoms with Gasteiger partial charge in [0.25, 0.3) is 0 Å². The van der Waals surface area contributed by atoms with Crippen LogP contribution in [0.5, 0.6) is 5.75 Å². The molecule has 0 spiro atoms. The lowest BCUT2D eigenvalue weighted by atomic mass is 9.46. The Hall–Kier alpha value is -1.47. The fourth-order valence-corrected chi connectivity index (χ4v) is 6.29. The summed E-state index contributed by atoms with van der Waals surface area (Å²) in [6.07, 6.45) is 2.78. The Bertz CT molecular complexity index is 758. The van der Waals surface area contributed by atoms with Gasteiger partial charge >= 0.3 is 0 Å². The molecule has 6 heteroatoms. The highest BCUT2D eigenvalue weighted by atomic mass is 16.7. The molecule has 0 amide bonds. The molecule has 3 fully saturated rings. The van der Waals surface area contributed by atoms with Gasteiger partial charge in [-0.2, -0.15) is 0 Å². The fourth-order valence-electron chi connectivity index (χ4n) is 6.29. The smallest absolute Gasteiger partial charge is 0.158 e. The third kappa shape index (κ3) is 4.40. The predicted molar refractivity (Wildman–Crippen MR) is 116 cm³/mol. The van der Waals surface area contributed by atoms with Crippen molar-refractivity contribution in [3.05, 3.63) is 29.8 Å². The van der Waals surface area contributed by atoms with Crippen molar-refractivity contribution in [2.45, 2.75) is 65.0 Å². The Balaban J connectivity index is 1.47. The van der Waals surface area contributed by atoms with Crippen LogP contribution in [0.25, 0.3) is 0 Å². The van der Waals surface area contributed by atoms with Gasteiger partial charge in [-0.15, -0.1) is 0 Å². The molecule has 1 saturated heterocycles. The Morgan fingerprint density at radius 3 is 2.52 bits per heavy atom. The summed E-state index contributed by atoms with van der Waals surface area (Å²) in [5.41, 5.74) is 0.502. The van der Waals surface area contributed by atoms with Crippen LogP contribution in [-0.2, 0) is 25.6 Å². The number of benzene rings is 1. The van der Waals surface area contributed by atoms with Gasteiger partial charge in [0.05, 0.1) is 39.6 Å². The number of carbonyl (C=O) groups excluding carboxylic acids is 1. The molecule has 0 unspecified atom stereocenters. The van der Waals surface area contributed by atoms with Crippen molar-refractivity contribution in [3.63, 3.8) is 0 Å². The van der Waals surface area contributed by atoms with Crippen LogP contribution in [0.4, 0.5) is 0 Å². The summed E-state index contributed by atoms with van der Waals surface area (Å²) in [4.78, 5) is 13.0. The van der Waals surface area contributed by atoms with E-state index in [0.717, 1.165) is 24.2 Å². The number of fused-ring (bicyclic) bond motifs is 1. The van der Waals surface area contributed by atoms with Crippen LogP contribution in [0.2, 0.25) is 0 Å². The zero-order chi connectivity index (χ0) is 22.1. The Morgan fingerprint density at radius 2 is 1.84 bits per heavy atom. The number of methoxy groups -OCH3 is 1. The van der Waals surface area contributed by atoms with Crippen molar-refractivity contribution in [3.8, 4) is 5.75 Å². The van der Waals surface area contributed by atoms with Crippen molar-refractivity contribution < 1.29 is 28.8 Å². The number of Topliss-reactive ketones (excluding diaryl/α,β-unsaturated/α-hetero) is 1. The molecule has 31 heavy (non-hydrogen) atoms. The van der Waals surface area contributed by atoms with E-state index in [2.05, 4.69) is 13.8 Å². The van der Waals surface area contributed by atoms with Crippen LogP contribution < -0.4 is 4.74 Å². The molecule has 0 bridgehead atoms. The van der Waals surface area contributed by atoms with Gasteiger partial charge in [-0.05, 0) is 48.3 Å². The Kier molecular flexibility index (Phi) is 6.73. The molecule has 1 aliphatic heterocycles. The maximum Gasteiger partial charge on any atom is 0.158 e. The maximum atomic E-state index is 13.0. The monoisotopic (exact) mass is 432 g/mol. The molecule has 0 radical (unpaired) electrons. The second kappa shape index (κ2) is 9.18. The van der Waals surface area contributed by atoms with Gasteiger partial charge in [0.1, 0.15) is 11.5 Å². The number of hydrogen-bond donors (Lipinski definition) is 1. The van der Waals surface area contributed by atoms with E-state index in [-0.39, 0.29) is 23.5 Å². The SMILES string of the molecule is COc1ccc(COC[C@@]2(C)[C@@H]3CCC(=O)[C@H](CC4OCCO4)[C@@]3(C)CC[C@@H]2O)cc1. The van der Waals surface area contributed by atoms with Gasteiger partial charge in [0.2, 0.25) is 0 Å². The van der Waals surface area contributed by atoms with Crippen LogP contribution in [0.3, 0.4) is 0 Å². The second-order valence-corrected chi connectivity index (χ2v) is 9.92. The summed E-state index contributed by atoms with van der Waals surface area (Å²) in [7, 11) is 1.65. The highest BCUT2D eigenvalue weighted by molar-refractivity contribution is 5.83. The van der Waals surface area contributed by atoms with E-state index in [1.165, 1.54) is 0 Å². The van der Waals surface area contributed by atoms with E-state index in [1.807, 2.05) is 24.3 Å². The summed E-state index contributed by atoms with van der Waals surface area (Å²) < 4.78 is 22.7. The molecule has 1 heterocycles. The van der Waals surface area contributed by atoms with Gasteiger partial charge < -0.3 is 24.1 Å². The molecule has 2 saturated carbocycles. The number of hydrogen-bond acceptors (Lipinski definition) is 6. The van der Waals surface area contributed by atoms with Gasteiger partial charge in [-0.25, -0.2) is 0 Å². The normalized spacial score (nSPS) is 36.4. The predicted octanol–water partition coefficient (Wildman–Crippen LogP) is 3.74. The van der Waals surface area contributed by atoms with Crippen molar-refractivity contribution in [1.29, 1.82) is 0 Å². The van der Waals surface area contributed by atoms with Gasteiger partial charge in [-0.3, -0.25) is 4.79 Å². The van der Waals surface area contributed by atoms with Gasteiger partial charge in [-0.1, -0.05) is 26.0 Å². The van der Waals surface area contributed by atoms with Gasteiger partial charge in [0.15, 0.2) is 6.29 Å². The van der Waals surface area contributed by atoms with Crippen molar-refractivity contribution >= 4 is 5.78 Å². The average molecular weight is 433 g/mol.